The lowest BCUT2D eigenvalue weighted by Crippen LogP contribution is -2.31. The smallest absolute Gasteiger partial charge is 0.214 e. The Hall–Kier alpha value is -0.420. The lowest BCUT2D eigenvalue weighted by atomic mass is 10.1. The predicted octanol–water partition coefficient (Wildman–Crippen LogP) is 1.33. The van der Waals surface area contributed by atoms with Gasteiger partial charge in [-0.25, -0.2) is 12.7 Å². The maximum absolute atomic E-state index is 11.7. The van der Waals surface area contributed by atoms with Gasteiger partial charge in [-0.05, 0) is 18.6 Å². The van der Waals surface area contributed by atoms with E-state index in [1.807, 2.05) is 13.8 Å². The molecular weight excluding hydrogens is 200 g/mol. The van der Waals surface area contributed by atoms with Crippen LogP contribution in [0.3, 0.4) is 0 Å². The Morgan fingerprint density at radius 1 is 1.43 bits per heavy atom. The van der Waals surface area contributed by atoms with E-state index < -0.39 is 10.0 Å². The van der Waals surface area contributed by atoms with Crippen LogP contribution < -0.4 is 0 Å². The largest absolute Gasteiger partial charge is 0.313 e. The van der Waals surface area contributed by atoms with Crippen molar-refractivity contribution >= 4 is 16.2 Å². The van der Waals surface area contributed by atoms with Crippen LogP contribution in [-0.2, 0) is 10.0 Å². The van der Waals surface area contributed by atoms with Crippen molar-refractivity contribution < 1.29 is 8.42 Å². The van der Waals surface area contributed by atoms with Crippen LogP contribution in [-0.4, -0.2) is 38.3 Å². The van der Waals surface area contributed by atoms with Gasteiger partial charge in [-0.3, -0.25) is 0 Å². The molecule has 14 heavy (non-hydrogen) atoms. The minimum Gasteiger partial charge on any atom is -0.313 e. The molecule has 5 heteroatoms. The van der Waals surface area contributed by atoms with E-state index in [-0.39, 0.29) is 11.7 Å². The maximum atomic E-state index is 11.7. The summed E-state index contributed by atoms with van der Waals surface area (Å²) in [5.74, 6) is 0.231. The number of hydrogen-bond acceptors (Lipinski definition) is 3. The lowest BCUT2D eigenvalue weighted by Gasteiger charge is -2.18. The summed E-state index contributed by atoms with van der Waals surface area (Å²) in [5.41, 5.74) is 0. The monoisotopic (exact) mass is 220 g/mol. The highest BCUT2D eigenvalue weighted by molar-refractivity contribution is 7.89. The van der Waals surface area contributed by atoms with Crippen molar-refractivity contribution in [3.05, 3.63) is 0 Å². The number of nitrogens with zero attached hydrogens (tertiary/aromatic N) is 1. The molecule has 0 heterocycles. The van der Waals surface area contributed by atoms with Crippen LogP contribution in [0.15, 0.2) is 0 Å². The number of rotatable bonds is 7. The fourth-order valence-corrected chi connectivity index (χ4v) is 2.76. The topological polar surface area (TPSA) is 61.2 Å². The molecule has 1 unspecified atom stereocenters. The van der Waals surface area contributed by atoms with Crippen LogP contribution in [0, 0.1) is 11.3 Å². The summed E-state index contributed by atoms with van der Waals surface area (Å²) in [6.07, 6.45) is 2.63. The van der Waals surface area contributed by atoms with Gasteiger partial charge in [-0.1, -0.05) is 20.3 Å². The molecular formula is C9H20N2O2S. The van der Waals surface area contributed by atoms with Gasteiger partial charge in [0, 0.05) is 13.6 Å². The summed E-state index contributed by atoms with van der Waals surface area (Å²) in [5, 5.41) is 6.96. The van der Waals surface area contributed by atoms with Gasteiger partial charge >= 0.3 is 0 Å². The first-order valence-electron chi connectivity index (χ1n) is 4.90. The minimum atomic E-state index is -3.11. The Kier molecular flexibility index (Phi) is 5.95. The standard InChI is InChI=1S/C9H20N2O2S/c1-4-9(6-7-10)8-14(12,13)11(3)5-2/h7,9-10H,4-6,8H2,1-3H3. The van der Waals surface area contributed by atoms with E-state index in [9.17, 15) is 8.42 Å². The maximum Gasteiger partial charge on any atom is 0.214 e. The Morgan fingerprint density at radius 2 is 2.00 bits per heavy atom. The quantitative estimate of drug-likeness (QED) is 0.658. The number of hydrogen-bond donors (Lipinski definition) is 1. The zero-order valence-corrected chi connectivity index (χ0v) is 9.97. The molecule has 0 aliphatic rings. The summed E-state index contributed by atoms with van der Waals surface area (Å²) in [6.45, 7) is 4.27. The Balaban J connectivity index is 4.39. The van der Waals surface area contributed by atoms with Crippen LogP contribution >= 0.6 is 0 Å². The SMILES string of the molecule is CCC(CC=N)CS(=O)(=O)N(C)CC. The van der Waals surface area contributed by atoms with Crippen LogP contribution in [0.1, 0.15) is 26.7 Å². The van der Waals surface area contributed by atoms with Gasteiger partial charge in [0.1, 0.15) is 0 Å². The molecule has 1 N–H and O–H groups in total. The highest BCUT2D eigenvalue weighted by atomic mass is 32.2. The van der Waals surface area contributed by atoms with E-state index >= 15 is 0 Å². The average Bonchev–Trinajstić information content (AvgIpc) is 2.15. The second-order valence-corrected chi connectivity index (χ2v) is 5.53. The van der Waals surface area contributed by atoms with Gasteiger partial charge in [0.25, 0.3) is 0 Å². The molecule has 0 amide bonds. The Labute approximate surface area is 86.9 Å². The molecule has 1 atom stereocenters. The Morgan fingerprint density at radius 3 is 2.36 bits per heavy atom. The summed E-state index contributed by atoms with van der Waals surface area (Å²) in [7, 11) is -1.52. The van der Waals surface area contributed by atoms with Gasteiger partial charge in [-0.2, -0.15) is 0 Å². The molecule has 0 rings (SSSR count). The fraction of sp³-hybridized carbons (Fsp3) is 0.889. The molecule has 0 aliphatic carbocycles. The average molecular weight is 220 g/mol. The number of sulfonamides is 1. The first kappa shape index (κ1) is 13.6. The summed E-state index contributed by atoms with van der Waals surface area (Å²) >= 11 is 0. The molecule has 0 aromatic carbocycles. The van der Waals surface area contributed by atoms with Crippen LogP contribution in [0.4, 0.5) is 0 Å². The molecule has 0 fully saturated rings. The lowest BCUT2D eigenvalue weighted by molar-refractivity contribution is 0.468. The van der Waals surface area contributed by atoms with Gasteiger partial charge in [0.15, 0.2) is 0 Å². The normalized spacial score (nSPS) is 14.3. The summed E-state index contributed by atoms with van der Waals surface area (Å²) in [6, 6.07) is 0. The summed E-state index contributed by atoms with van der Waals surface area (Å²) < 4.78 is 24.7. The van der Waals surface area contributed by atoms with Crippen LogP contribution in [0.25, 0.3) is 0 Å². The van der Waals surface area contributed by atoms with E-state index in [4.69, 9.17) is 5.41 Å². The van der Waals surface area contributed by atoms with Crippen molar-refractivity contribution in [2.75, 3.05) is 19.3 Å². The zero-order chi connectivity index (χ0) is 11.2. The van der Waals surface area contributed by atoms with Gasteiger partial charge in [0.05, 0.1) is 5.75 Å². The van der Waals surface area contributed by atoms with Crippen LogP contribution in [0.2, 0.25) is 0 Å². The fourth-order valence-electron chi connectivity index (χ4n) is 1.14. The van der Waals surface area contributed by atoms with E-state index in [1.165, 1.54) is 10.5 Å². The van der Waals surface area contributed by atoms with Crippen molar-refractivity contribution in [1.82, 2.24) is 4.31 Å². The molecule has 0 saturated heterocycles. The number of nitrogens with one attached hydrogen (secondary N) is 1. The van der Waals surface area contributed by atoms with E-state index in [0.717, 1.165) is 6.42 Å². The third kappa shape index (κ3) is 4.19. The molecule has 0 radical (unpaired) electrons. The molecule has 0 spiro atoms. The molecule has 84 valence electrons. The van der Waals surface area contributed by atoms with Crippen molar-refractivity contribution in [1.29, 1.82) is 5.41 Å². The molecule has 4 nitrogen and oxygen atoms in total. The van der Waals surface area contributed by atoms with Crippen LogP contribution in [0.5, 0.6) is 0 Å². The highest BCUT2D eigenvalue weighted by Crippen LogP contribution is 2.12. The van der Waals surface area contributed by atoms with Crippen molar-refractivity contribution in [2.45, 2.75) is 26.7 Å². The van der Waals surface area contributed by atoms with Crippen molar-refractivity contribution in [3.8, 4) is 0 Å². The van der Waals surface area contributed by atoms with E-state index in [1.54, 1.807) is 7.05 Å². The zero-order valence-electron chi connectivity index (χ0n) is 9.16. The Bertz CT molecular complexity index is 262. The molecule has 0 aromatic heterocycles. The van der Waals surface area contributed by atoms with Gasteiger partial charge in [-0.15, -0.1) is 0 Å². The third-order valence-corrected chi connectivity index (χ3v) is 4.50. The molecule has 0 aromatic rings. The first-order valence-corrected chi connectivity index (χ1v) is 6.51. The van der Waals surface area contributed by atoms with Gasteiger partial charge in [0.2, 0.25) is 10.0 Å². The minimum absolute atomic E-state index is 0.0755. The first-order chi connectivity index (χ1) is 6.47. The second kappa shape index (κ2) is 6.14. The highest BCUT2D eigenvalue weighted by Gasteiger charge is 2.20. The van der Waals surface area contributed by atoms with Crippen molar-refractivity contribution in [2.24, 2.45) is 5.92 Å². The third-order valence-electron chi connectivity index (χ3n) is 2.40. The van der Waals surface area contributed by atoms with Gasteiger partial charge < -0.3 is 5.41 Å². The molecule has 0 bridgehead atoms. The molecule has 0 saturated carbocycles. The molecule has 0 aliphatic heterocycles. The second-order valence-electron chi connectivity index (χ2n) is 3.41. The van der Waals surface area contributed by atoms with Crippen molar-refractivity contribution in [3.63, 3.8) is 0 Å². The van der Waals surface area contributed by atoms with E-state index in [2.05, 4.69) is 0 Å². The van der Waals surface area contributed by atoms with E-state index in [0.29, 0.717) is 13.0 Å². The predicted molar refractivity (Wildman–Crippen MR) is 59.3 cm³/mol. The summed E-state index contributed by atoms with van der Waals surface area (Å²) in [4.78, 5) is 0.